The Morgan fingerprint density at radius 2 is 1.89 bits per heavy atom. The van der Waals surface area contributed by atoms with Crippen molar-refractivity contribution in [1.82, 2.24) is 14.9 Å². The van der Waals surface area contributed by atoms with Gasteiger partial charge < -0.3 is 4.74 Å². The molecular weight excluding hydrogens is 230 g/mol. The van der Waals surface area contributed by atoms with E-state index in [2.05, 4.69) is 9.97 Å². The molecule has 5 nitrogen and oxygen atoms in total. The van der Waals surface area contributed by atoms with E-state index >= 15 is 0 Å². The van der Waals surface area contributed by atoms with Gasteiger partial charge in [0.25, 0.3) is 0 Å². The van der Waals surface area contributed by atoms with Crippen molar-refractivity contribution in [2.45, 2.75) is 44.8 Å². The van der Waals surface area contributed by atoms with Gasteiger partial charge in [-0.3, -0.25) is 4.90 Å². The summed E-state index contributed by atoms with van der Waals surface area (Å²) in [7, 11) is 1.75. The Kier molecular flexibility index (Phi) is 3.00. The van der Waals surface area contributed by atoms with Crippen molar-refractivity contribution >= 4 is 6.09 Å². The third-order valence-electron chi connectivity index (χ3n) is 3.02. The number of hydrogen-bond donors (Lipinski definition) is 0. The molecule has 0 atom stereocenters. The Morgan fingerprint density at radius 3 is 2.33 bits per heavy atom. The maximum atomic E-state index is 12.1. The highest BCUT2D eigenvalue weighted by Gasteiger charge is 2.53. The van der Waals surface area contributed by atoms with Crippen LogP contribution in [0, 0.1) is 0 Å². The van der Waals surface area contributed by atoms with E-state index in [1.54, 1.807) is 30.4 Å². The number of amides is 1. The molecule has 1 aromatic heterocycles. The number of nitrogens with zero attached hydrogens (tertiary/aromatic N) is 3. The predicted molar refractivity (Wildman–Crippen MR) is 66.9 cm³/mol. The van der Waals surface area contributed by atoms with E-state index in [1.165, 1.54) is 0 Å². The van der Waals surface area contributed by atoms with Crippen LogP contribution in [0.2, 0.25) is 0 Å². The Hall–Kier alpha value is -1.65. The lowest BCUT2D eigenvalue weighted by Gasteiger charge is -2.29. The number of ether oxygens (including phenoxy) is 1. The van der Waals surface area contributed by atoms with Gasteiger partial charge in [-0.25, -0.2) is 14.8 Å². The number of rotatable bonds is 2. The lowest BCUT2D eigenvalue weighted by atomic mass is 10.2. The van der Waals surface area contributed by atoms with Crippen LogP contribution in [-0.4, -0.2) is 33.6 Å². The summed E-state index contributed by atoms with van der Waals surface area (Å²) >= 11 is 0. The average Bonchev–Trinajstić information content (AvgIpc) is 3.08. The number of carbonyl (C=O) groups excluding carboxylic acids is 1. The molecule has 1 saturated carbocycles. The Labute approximate surface area is 107 Å². The molecule has 0 aromatic carbocycles. The molecule has 0 saturated heterocycles. The fraction of sp³-hybridized carbons (Fsp3) is 0.615. The minimum Gasteiger partial charge on any atom is -0.444 e. The third-order valence-corrected chi connectivity index (χ3v) is 3.02. The van der Waals surface area contributed by atoms with Crippen LogP contribution in [0.5, 0.6) is 0 Å². The highest BCUT2D eigenvalue weighted by atomic mass is 16.6. The van der Waals surface area contributed by atoms with Crippen LogP contribution in [-0.2, 0) is 10.3 Å². The van der Waals surface area contributed by atoms with Crippen LogP contribution < -0.4 is 0 Å². The van der Waals surface area contributed by atoms with E-state index in [9.17, 15) is 4.79 Å². The van der Waals surface area contributed by atoms with E-state index in [4.69, 9.17) is 4.74 Å². The van der Waals surface area contributed by atoms with Gasteiger partial charge >= 0.3 is 6.09 Å². The maximum absolute atomic E-state index is 12.1. The van der Waals surface area contributed by atoms with Crippen molar-refractivity contribution in [1.29, 1.82) is 0 Å². The topological polar surface area (TPSA) is 55.3 Å². The molecule has 1 fully saturated rings. The smallest absolute Gasteiger partial charge is 0.410 e. The van der Waals surface area contributed by atoms with Crippen molar-refractivity contribution in [2.75, 3.05) is 7.05 Å². The molecule has 1 aliphatic rings. The van der Waals surface area contributed by atoms with E-state index in [1.807, 2.05) is 20.8 Å². The van der Waals surface area contributed by atoms with Gasteiger partial charge in [-0.05, 0) is 39.7 Å². The van der Waals surface area contributed by atoms with Crippen molar-refractivity contribution in [3.05, 3.63) is 24.3 Å². The van der Waals surface area contributed by atoms with Gasteiger partial charge in [-0.1, -0.05) is 0 Å². The molecule has 0 radical (unpaired) electrons. The fourth-order valence-corrected chi connectivity index (χ4v) is 1.87. The number of carbonyl (C=O) groups is 1. The molecule has 1 heterocycles. The highest BCUT2D eigenvalue weighted by molar-refractivity contribution is 5.69. The van der Waals surface area contributed by atoms with Gasteiger partial charge in [0.2, 0.25) is 0 Å². The lowest BCUT2D eigenvalue weighted by molar-refractivity contribution is 0.0180. The Balaban J connectivity index is 2.14. The minimum atomic E-state index is -0.487. The molecule has 0 unspecified atom stereocenters. The zero-order valence-electron chi connectivity index (χ0n) is 11.3. The molecule has 1 amide bonds. The molecule has 1 aliphatic carbocycles. The number of aromatic nitrogens is 2. The van der Waals surface area contributed by atoms with Crippen LogP contribution in [0.15, 0.2) is 18.5 Å². The van der Waals surface area contributed by atoms with Gasteiger partial charge in [0.1, 0.15) is 11.1 Å². The molecule has 0 aliphatic heterocycles. The van der Waals surface area contributed by atoms with Gasteiger partial charge in [0.05, 0.1) is 0 Å². The summed E-state index contributed by atoms with van der Waals surface area (Å²) in [5.41, 5.74) is -0.859. The monoisotopic (exact) mass is 249 g/mol. The quantitative estimate of drug-likeness (QED) is 0.807. The van der Waals surface area contributed by atoms with Crippen LogP contribution >= 0.6 is 0 Å². The molecular formula is C13H19N3O2. The first-order chi connectivity index (χ1) is 8.35. The van der Waals surface area contributed by atoms with Crippen LogP contribution in [0.3, 0.4) is 0 Å². The van der Waals surface area contributed by atoms with E-state index in [0.29, 0.717) is 5.82 Å². The zero-order valence-corrected chi connectivity index (χ0v) is 11.3. The van der Waals surface area contributed by atoms with Crippen molar-refractivity contribution < 1.29 is 9.53 Å². The first-order valence-electron chi connectivity index (χ1n) is 6.09. The maximum Gasteiger partial charge on any atom is 0.410 e. The molecule has 5 heteroatoms. The lowest BCUT2D eigenvalue weighted by Crippen LogP contribution is -2.41. The Bertz CT molecular complexity index is 435. The summed E-state index contributed by atoms with van der Waals surface area (Å²) in [6, 6.07) is 1.77. The zero-order chi connectivity index (χ0) is 13.4. The highest BCUT2D eigenvalue weighted by Crippen LogP contribution is 2.49. The molecule has 18 heavy (non-hydrogen) atoms. The summed E-state index contributed by atoms with van der Waals surface area (Å²) in [5.74, 6) is 0.693. The van der Waals surface area contributed by atoms with Crippen molar-refractivity contribution in [3.8, 4) is 0 Å². The minimum absolute atomic E-state index is 0.326. The summed E-state index contributed by atoms with van der Waals surface area (Å²) in [4.78, 5) is 22.2. The summed E-state index contributed by atoms with van der Waals surface area (Å²) in [5, 5.41) is 0. The SMILES string of the molecule is CN(C(=O)OC(C)(C)C)C1(c2ncccn2)CC1. The van der Waals surface area contributed by atoms with Gasteiger partial charge in [-0.2, -0.15) is 0 Å². The predicted octanol–water partition coefficient (Wildman–Crippen LogP) is 2.33. The van der Waals surface area contributed by atoms with Crippen molar-refractivity contribution in [3.63, 3.8) is 0 Å². The van der Waals surface area contributed by atoms with Gasteiger partial charge in [0.15, 0.2) is 5.82 Å². The van der Waals surface area contributed by atoms with Crippen LogP contribution in [0.1, 0.15) is 39.4 Å². The Morgan fingerprint density at radius 1 is 1.33 bits per heavy atom. The average molecular weight is 249 g/mol. The first-order valence-corrected chi connectivity index (χ1v) is 6.09. The molecule has 0 spiro atoms. The summed E-state index contributed by atoms with van der Waals surface area (Å²) in [6.07, 6.45) is 4.84. The molecule has 2 rings (SSSR count). The molecule has 98 valence electrons. The summed E-state index contributed by atoms with van der Waals surface area (Å²) in [6.45, 7) is 5.58. The second-order valence-electron chi connectivity index (χ2n) is 5.64. The van der Waals surface area contributed by atoms with E-state index in [-0.39, 0.29) is 11.6 Å². The van der Waals surface area contributed by atoms with E-state index in [0.717, 1.165) is 12.8 Å². The molecule has 0 N–H and O–H groups in total. The second kappa shape index (κ2) is 4.23. The van der Waals surface area contributed by atoms with Crippen molar-refractivity contribution in [2.24, 2.45) is 0 Å². The largest absolute Gasteiger partial charge is 0.444 e. The van der Waals surface area contributed by atoms with Crippen LogP contribution in [0.4, 0.5) is 4.79 Å². The third kappa shape index (κ3) is 2.44. The second-order valence-corrected chi connectivity index (χ2v) is 5.64. The summed E-state index contributed by atoms with van der Waals surface area (Å²) < 4.78 is 5.38. The van der Waals surface area contributed by atoms with E-state index < -0.39 is 5.60 Å². The normalized spacial score (nSPS) is 17.1. The van der Waals surface area contributed by atoms with Crippen LogP contribution in [0.25, 0.3) is 0 Å². The fourth-order valence-electron chi connectivity index (χ4n) is 1.87. The molecule has 0 bridgehead atoms. The first kappa shape index (κ1) is 12.8. The standard InChI is InChI=1S/C13H19N3O2/c1-12(2,3)18-11(17)16(4)13(6-7-13)10-14-8-5-9-15-10/h5,8-9H,6-7H2,1-4H3. The van der Waals surface area contributed by atoms with Gasteiger partial charge in [0, 0.05) is 19.4 Å². The number of hydrogen-bond acceptors (Lipinski definition) is 4. The molecule has 1 aromatic rings. The van der Waals surface area contributed by atoms with Gasteiger partial charge in [-0.15, -0.1) is 0 Å².